The highest BCUT2D eigenvalue weighted by Gasteiger charge is 2.34. The summed E-state index contributed by atoms with van der Waals surface area (Å²) in [5, 5.41) is 0. The molecule has 17 heavy (non-hydrogen) atoms. The second-order valence-corrected chi connectivity index (χ2v) is 5.03. The van der Waals surface area contributed by atoms with Crippen LogP contribution >= 0.6 is 12.6 Å². The first-order valence-corrected chi connectivity index (χ1v) is 6.72. The van der Waals surface area contributed by atoms with E-state index in [-0.39, 0.29) is 5.41 Å². The van der Waals surface area contributed by atoms with Crippen LogP contribution in [-0.4, -0.2) is 20.0 Å². The van der Waals surface area contributed by atoms with Gasteiger partial charge >= 0.3 is 0 Å². The molecule has 0 aromatic heterocycles. The maximum Gasteiger partial charge on any atom is 0.161 e. The summed E-state index contributed by atoms with van der Waals surface area (Å²) in [6.45, 7) is 0. The van der Waals surface area contributed by atoms with Crippen LogP contribution in [0.4, 0.5) is 0 Å². The van der Waals surface area contributed by atoms with Gasteiger partial charge in [0, 0.05) is 5.41 Å². The van der Waals surface area contributed by atoms with Crippen molar-refractivity contribution >= 4 is 12.6 Å². The molecule has 0 heterocycles. The standard InChI is InChI=1S/C14H20O2S/c1-15-12-6-5-11(9-13(12)16-2)14(10-17)7-3-4-8-14/h5-6,9,17H,3-4,7-8,10H2,1-2H3. The number of hydrogen-bond acceptors (Lipinski definition) is 3. The number of rotatable bonds is 4. The van der Waals surface area contributed by atoms with Crippen molar-refractivity contribution < 1.29 is 9.47 Å². The minimum atomic E-state index is 0.239. The van der Waals surface area contributed by atoms with Crippen LogP contribution in [0.25, 0.3) is 0 Å². The summed E-state index contributed by atoms with van der Waals surface area (Å²) >= 11 is 4.55. The van der Waals surface area contributed by atoms with E-state index in [1.165, 1.54) is 31.2 Å². The predicted molar refractivity (Wildman–Crippen MR) is 73.5 cm³/mol. The normalized spacial score (nSPS) is 18.1. The molecule has 0 saturated heterocycles. The summed E-state index contributed by atoms with van der Waals surface area (Å²) in [4.78, 5) is 0. The molecule has 1 aliphatic rings. The molecule has 0 spiro atoms. The Morgan fingerprint density at radius 2 is 1.76 bits per heavy atom. The molecule has 0 amide bonds. The molecule has 0 bridgehead atoms. The molecule has 1 saturated carbocycles. The maximum absolute atomic E-state index is 5.38. The van der Waals surface area contributed by atoms with E-state index >= 15 is 0 Å². The van der Waals surface area contributed by atoms with Crippen molar-refractivity contribution in [2.24, 2.45) is 0 Å². The smallest absolute Gasteiger partial charge is 0.161 e. The van der Waals surface area contributed by atoms with Crippen LogP contribution in [0.5, 0.6) is 11.5 Å². The molecule has 1 fully saturated rings. The quantitative estimate of drug-likeness (QED) is 0.827. The van der Waals surface area contributed by atoms with Gasteiger partial charge in [-0.3, -0.25) is 0 Å². The van der Waals surface area contributed by atoms with Crippen molar-refractivity contribution in [3.8, 4) is 11.5 Å². The van der Waals surface area contributed by atoms with Crippen LogP contribution < -0.4 is 9.47 Å². The van der Waals surface area contributed by atoms with E-state index in [1.807, 2.05) is 6.07 Å². The number of benzene rings is 1. The molecule has 0 atom stereocenters. The van der Waals surface area contributed by atoms with E-state index in [2.05, 4.69) is 24.8 Å². The van der Waals surface area contributed by atoms with Gasteiger partial charge in [-0.1, -0.05) is 18.9 Å². The van der Waals surface area contributed by atoms with Crippen LogP contribution in [0, 0.1) is 0 Å². The molecule has 2 rings (SSSR count). The fraction of sp³-hybridized carbons (Fsp3) is 0.571. The summed E-state index contributed by atoms with van der Waals surface area (Å²) in [7, 11) is 3.35. The monoisotopic (exact) mass is 252 g/mol. The average Bonchev–Trinajstić information content (AvgIpc) is 2.88. The van der Waals surface area contributed by atoms with Crippen molar-refractivity contribution in [3.05, 3.63) is 23.8 Å². The van der Waals surface area contributed by atoms with E-state index in [0.29, 0.717) is 0 Å². The Balaban J connectivity index is 2.38. The minimum absolute atomic E-state index is 0.239. The molecule has 0 aliphatic heterocycles. The Morgan fingerprint density at radius 1 is 1.12 bits per heavy atom. The summed E-state index contributed by atoms with van der Waals surface area (Å²) in [6, 6.07) is 6.26. The van der Waals surface area contributed by atoms with Crippen LogP contribution in [0.1, 0.15) is 31.2 Å². The number of thiol groups is 1. The van der Waals surface area contributed by atoms with Gasteiger partial charge in [0.1, 0.15) is 0 Å². The number of hydrogen-bond donors (Lipinski definition) is 1. The SMILES string of the molecule is COc1ccc(C2(CS)CCCC2)cc1OC. The van der Waals surface area contributed by atoms with Gasteiger partial charge in [0.2, 0.25) is 0 Å². The van der Waals surface area contributed by atoms with Gasteiger partial charge in [0.15, 0.2) is 11.5 Å². The third-order valence-corrected chi connectivity index (χ3v) is 4.46. The molecule has 2 nitrogen and oxygen atoms in total. The molecule has 94 valence electrons. The summed E-state index contributed by atoms with van der Waals surface area (Å²) in [6.07, 6.45) is 5.06. The first-order chi connectivity index (χ1) is 8.25. The van der Waals surface area contributed by atoms with Gasteiger partial charge in [0.25, 0.3) is 0 Å². The Morgan fingerprint density at radius 3 is 2.29 bits per heavy atom. The molecule has 1 aliphatic carbocycles. The third kappa shape index (κ3) is 2.25. The van der Waals surface area contributed by atoms with Crippen LogP contribution in [0.3, 0.4) is 0 Å². The average molecular weight is 252 g/mol. The largest absolute Gasteiger partial charge is 0.493 e. The van der Waals surface area contributed by atoms with E-state index < -0.39 is 0 Å². The highest BCUT2D eigenvalue weighted by Crippen LogP contribution is 2.44. The Hall–Kier alpha value is -0.830. The highest BCUT2D eigenvalue weighted by atomic mass is 32.1. The lowest BCUT2D eigenvalue weighted by Gasteiger charge is -2.28. The van der Waals surface area contributed by atoms with Gasteiger partial charge in [-0.2, -0.15) is 12.6 Å². The molecule has 0 radical (unpaired) electrons. The molecule has 3 heteroatoms. The Labute approximate surface area is 109 Å². The molecule has 0 N–H and O–H groups in total. The lowest BCUT2D eigenvalue weighted by Crippen LogP contribution is -2.24. The van der Waals surface area contributed by atoms with Crippen LogP contribution in [0.15, 0.2) is 18.2 Å². The number of ether oxygens (including phenoxy) is 2. The molecular formula is C14H20O2S. The van der Waals surface area contributed by atoms with Crippen molar-refractivity contribution in [1.82, 2.24) is 0 Å². The van der Waals surface area contributed by atoms with Gasteiger partial charge in [-0.25, -0.2) is 0 Å². The van der Waals surface area contributed by atoms with E-state index in [0.717, 1.165) is 17.3 Å². The lowest BCUT2D eigenvalue weighted by molar-refractivity contribution is 0.353. The lowest BCUT2D eigenvalue weighted by atomic mass is 9.80. The zero-order valence-electron chi connectivity index (χ0n) is 10.5. The van der Waals surface area contributed by atoms with Gasteiger partial charge in [0.05, 0.1) is 14.2 Å². The zero-order chi connectivity index (χ0) is 12.3. The van der Waals surface area contributed by atoms with E-state index in [4.69, 9.17) is 9.47 Å². The topological polar surface area (TPSA) is 18.5 Å². The third-order valence-electron chi connectivity index (χ3n) is 3.86. The van der Waals surface area contributed by atoms with E-state index in [9.17, 15) is 0 Å². The summed E-state index contributed by atoms with van der Waals surface area (Å²) in [5.41, 5.74) is 1.57. The second-order valence-electron chi connectivity index (χ2n) is 4.72. The number of methoxy groups -OCH3 is 2. The maximum atomic E-state index is 5.38. The van der Waals surface area contributed by atoms with Crippen LogP contribution in [0.2, 0.25) is 0 Å². The van der Waals surface area contributed by atoms with Gasteiger partial charge in [-0.05, 0) is 36.3 Å². The molecular weight excluding hydrogens is 232 g/mol. The van der Waals surface area contributed by atoms with Crippen molar-refractivity contribution in [2.45, 2.75) is 31.1 Å². The fourth-order valence-corrected chi connectivity index (χ4v) is 3.25. The molecule has 1 aromatic carbocycles. The van der Waals surface area contributed by atoms with Crippen LogP contribution in [-0.2, 0) is 5.41 Å². The highest BCUT2D eigenvalue weighted by molar-refractivity contribution is 7.80. The summed E-state index contributed by atoms with van der Waals surface area (Å²) < 4.78 is 10.7. The second kappa shape index (κ2) is 5.21. The van der Waals surface area contributed by atoms with Gasteiger partial charge in [-0.15, -0.1) is 0 Å². The minimum Gasteiger partial charge on any atom is -0.493 e. The van der Waals surface area contributed by atoms with E-state index in [1.54, 1.807) is 14.2 Å². The zero-order valence-corrected chi connectivity index (χ0v) is 11.4. The summed E-state index contributed by atoms with van der Waals surface area (Å²) in [5.74, 6) is 2.52. The predicted octanol–water partition coefficient (Wildman–Crippen LogP) is 3.45. The van der Waals surface area contributed by atoms with Crippen molar-refractivity contribution in [3.63, 3.8) is 0 Å². The molecule has 0 unspecified atom stereocenters. The molecule has 1 aromatic rings. The fourth-order valence-electron chi connectivity index (χ4n) is 2.76. The first kappa shape index (κ1) is 12.6. The van der Waals surface area contributed by atoms with Crippen molar-refractivity contribution in [1.29, 1.82) is 0 Å². The Kier molecular flexibility index (Phi) is 3.87. The van der Waals surface area contributed by atoms with Crippen molar-refractivity contribution in [2.75, 3.05) is 20.0 Å². The first-order valence-electron chi connectivity index (χ1n) is 6.09. The van der Waals surface area contributed by atoms with Gasteiger partial charge < -0.3 is 9.47 Å². The Bertz CT molecular complexity index is 384.